The van der Waals surface area contributed by atoms with Crippen molar-refractivity contribution >= 4 is 16.8 Å². The highest BCUT2D eigenvalue weighted by molar-refractivity contribution is 5.83. The molecule has 1 atom stereocenters. The first kappa shape index (κ1) is 16.3. The van der Waals surface area contributed by atoms with E-state index in [2.05, 4.69) is 46.8 Å². The summed E-state index contributed by atoms with van der Waals surface area (Å²) in [6, 6.07) is 18.5. The first-order valence-corrected chi connectivity index (χ1v) is 8.34. The van der Waals surface area contributed by atoms with Crippen molar-refractivity contribution in [3.05, 3.63) is 71.9 Å². The Morgan fingerprint density at radius 3 is 2.67 bits per heavy atom. The van der Waals surface area contributed by atoms with Crippen LogP contribution in [0, 0.1) is 0 Å². The Morgan fingerprint density at radius 1 is 1.08 bits per heavy atom. The fourth-order valence-electron chi connectivity index (χ4n) is 2.84. The second-order valence-electron chi connectivity index (χ2n) is 5.97. The Labute approximate surface area is 142 Å². The SMILES string of the molecule is C[C@H](NCC(=O)NCCc1c[nH]c2ccccc12)c1ccccc1. The third-order valence-corrected chi connectivity index (χ3v) is 4.26. The molecule has 0 saturated carbocycles. The molecular formula is C20H23N3O. The van der Waals surface area contributed by atoms with Gasteiger partial charge >= 0.3 is 0 Å². The lowest BCUT2D eigenvalue weighted by molar-refractivity contribution is -0.120. The van der Waals surface area contributed by atoms with Crippen LogP contribution in [0.3, 0.4) is 0 Å². The van der Waals surface area contributed by atoms with E-state index in [9.17, 15) is 4.79 Å². The zero-order chi connectivity index (χ0) is 16.8. The molecule has 1 aromatic heterocycles. The second-order valence-corrected chi connectivity index (χ2v) is 5.97. The molecule has 0 aliphatic rings. The van der Waals surface area contributed by atoms with Crippen LogP contribution in [0.15, 0.2) is 60.8 Å². The van der Waals surface area contributed by atoms with E-state index in [1.165, 1.54) is 16.5 Å². The molecule has 3 aromatic rings. The monoisotopic (exact) mass is 321 g/mol. The number of hydrogen-bond acceptors (Lipinski definition) is 2. The maximum Gasteiger partial charge on any atom is 0.233 e. The van der Waals surface area contributed by atoms with Gasteiger partial charge in [-0.1, -0.05) is 48.5 Å². The normalized spacial score (nSPS) is 12.2. The summed E-state index contributed by atoms with van der Waals surface area (Å²) in [6.45, 7) is 3.03. The van der Waals surface area contributed by atoms with Crippen LogP contribution in [0.4, 0.5) is 0 Å². The van der Waals surface area contributed by atoms with Crippen LogP contribution in [-0.4, -0.2) is 24.0 Å². The van der Waals surface area contributed by atoms with Crippen LogP contribution in [0.5, 0.6) is 0 Å². The van der Waals surface area contributed by atoms with E-state index >= 15 is 0 Å². The van der Waals surface area contributed by atoms with Crippen molar-refractivity contribution in [3.63, 3.8) is 0 Å². The highest BCUT2D eigenvalue weighted by atomic mass is 16.1. The number of rotatable bonds is 7. The maximum absolute atomic E-state index is 12.0. The summed E-state index contributed by atoms with van der Waals surface area (Å²) in [7, 11) is 0. The Morgan fingerprint density at radius 2 is 1.83 bits per heavy atom. The molecule has 0 unspecified atom stereocenters. The van der Waals surface area contributed by atoms with Crippen molar-refractivity contribution in [1.82, 2.24) is 15.6 Å². The summed E-state index contributed by atoms with van der Waals surface area (Å²) >= 11 is 0. The number of benzene rings is 2. The van der Waals surface area contributed by atoms with Crippen LogP contribution in [0.1, 0.15) is 24.1 Å². The highest BCUT2D eigenvalue weighted by Gasteiger charge is 2.08. The molecule has 0 aliphatic carbocycles. The Bertz CT molecular complexity index is 795. The molecule has 0 fully saturated rings. The lowest BCUT2D eigenvalue weighted by atomic mass is 10.1. The summed E-state index contributed by atoms with van der Waals surface area (Å²) in [5.41, 5.74) is 3.55. The number of hydrogen-bond donors (Lipinski definition) is 3. The zero-order valence-electron chi connectivity index (χ0n) is 13.9. The number of fused-ring (bicyclic) bond motifs is 1. The second kappa shape index (κ2) is 7.79. The fraction of sp³-hybridized carbons (Fsp3) is 0.250. The van der Waals surface area contributed by atoms with Crippen molar-refractivity contribution in [3.8, 4) is 0 Å². The van der Waals surface area contributed by atoms with Gasteiger partial charge in [-0.2, -0.15) is 0 Å². The molecule has 2 aromatic carbocycles. The number of carbonyl (C=O) groups is 1. The summed E-state index contributed by atoms with van der Waals surface area (Å²) in [4.78, 5) is 15.2. The van der Waals surface area contributed by atoms with Gasteiger partial charge in [0.15, 0.2) is 0 Å². The Hall–Kier alpha value is -2.59. The van der Waals surface area contributed by atoms with Gasteiger partial charge < -0.3 is 15.6 Å². The molecule has 3 rings (SSSR count). The molecule has 0 saturated heterocycles. The summed E-state index contributed by atoms with van der Waals surface area (Å²) in [5.74, 6) is 0.0256. The molecule has 0 bridgehead atoms. The number of amides is 1. The molecule has 0 aliphatic heterocycles. The van der Waals surface area contributed by atoms with Gasteiger partial charge in [-0.25, -0.2) is 0 Å². The Kier molecular flexibility index (Phi) is 5.29. The number of carbonyl (C=O) groups excluding carboxylic acids is 1. The first-order valence-electron chi connectivity index (χ1n) is 8.34. The lowest BCUT2D eigenvalue weighted by Gasteiger charge is -2.14. The van der Waals surface area contributed by atoms with Gasteiger partial charge in [0.2, 0.25) is 5.91 Å². The molecule has 0 spiro atoms. The van der Waals surface area contributed by atoms with Crippen LogP contribution >= 0.6 is 0 Å². The van der Waals surface area contributed by atoms with E-state index in [1.54, 1.807) is 0 Å². The molecule has 1 heterocycles. The number of H-pyrrole nitrogens is 1. The van der Waals surface area contributed by atoms with Gasteiger partial charge in [-0.05, 0) is 30.5 Å². The quantitative estimate of drug-likeness (QED) is 0.626. The number of aromatic nitrogens is 1. The summed E-state index contributed by atoms with van der Waals surface area (Å²) in [5, 5.41) is 7.46. The number of para-hydroxylation sites is 1. The smallest absolute Gasteiger partial charge is 0.233 e. The van der Waals surface area contributed by atoms with Crippen molar-refractivity contribution in [2.45, 2.75) is 19.4 Å². The minimum atomic E-state index is 0.0256. The molecule has 4 heteroatoms. The highest BCUT2D eigenvalue weighted by Crippen LogP contribution is 2.17. The molecule has 3 N–H and O–H groups in total. The Balaban J connectivity index is 1.43. The third kappa shape index (κ3) is 4.03. The van der Waals surface area contributed by atoms with Crippen molar-refractivity contribution in [2.75, 3.05) is 13.1 Å². The van der Waals surface area contributed by atoms with Gasteiger partial charge in [0.1, 0.15) is 0 Å². The fourth-order valence-corrected chi connectivity index (χ4v) is 2.84. The maximum atomic E-state index is 12.0. The van der Waals surface area contributed by atoms with Crippen molar-refractivity contribution in [1.29, 1.82) is 0 Å². The van der Waals surface area contributed by atoms with Crippen molar-refractivity contribution < 1.29 is 4.79 Å². The van der Waals surface area contributed by atoms with Gasteiger partial charge in [0.05, 0.1) is 6.54 Å². The number of nitrogens with one attached hydrogen (secondary N) is 3. The van der Waals surface area contributed by atoms with Gasteiger partial charge in [0.25, 0.3) is 0 Å². The van der Waals surface area contributed by atoms with E-state index in [-0.39, 0.29) is 11.9 Å². The van der Waals surface area contributed by atoms with E-state index in [1.807, 2.05) is 36.5 Å². The minimum Gasteiger partial charge on any atom is -0.361 e. The van der Waals surface area contributed by atoms with E-state index in [4.69, 9.17) is 0 Å². The van der Waals surface area contributed by atoms with Crippen LogP contribution in [-0.2, 0) is 11.2 Å². The van der Waals surface area contributed by atoms with E-state index < -0.39 is 0 Å². The summed E-state index contributed by atoms with van der Waals surface area (Å²) < 4.78 is 0. The van der Waals surface area contributed by atoms with Crippen LogP contribution < -0.4 is 10.6 Å². The zero-order valence-corrected chi connectivity index (χ0v) is 13.9. The average molecular weight is 321 g/mol. The molecule has 24 heavy (non-hydrogen) atoms. The van der Waals surface area contributed by atoms with E-state index in [0.29, 0.717) is 13.1 Å². The van der Waals surface area contributed by atoms with Gasteiger partial charge in [0, 0.05) is 29.7 Å². The largest absolute Gasteiger partial charge is 0.361 e. The standard InChI is InChI=1S/C20H23N3O/c1-15(16-7-3-2-4-8-16)22-14-20(24)21-12-11-17-13-23-19-10-6-5-9-18(17)19/h2-10,13,15,22-23H,11-12,14H2,1H3,(H,21,24)/t15-/m0/s1. The topological polar surface area (TPSA) is 56.9 Å². The lowest BCUT2D eigenvalue weighted by Crippen LogP contribution is -2.36. The minimum absolute atomic E-state index is 0.0256. The first-order chi connectivity index (χ1) is 11.7. The van der Waals surface area contributed by atoms with Crippen molar-refractivity contribution in [2.24, 2.45) is 0 Å². The summed E-state index contributed by atoms with van der Waals surface area (Å²) in [6.07, 6.45) is 2.84. The molecule has 0 radical (unpaired) electrons. The van der Waals surface area contributed by atoms with E-state index in [0.717, 1.165) is 11.9 Å². The molecule has 124 valence electrons. The van der Waals surface area contributed by atoms with Gasteiger partial charge in [-0.15, -0.1) is 0 Å². The van der Waals surface area contributed by atoms with Gasteiger partial charge in [-0.3, -0.25) is 4.79 Å². The third-order valence-electron chi connectivity index (χ3n) is 4.26. The molecular weight excluding hydrogens is 298 g/mol. The average Bonchev–Trinajstić information content (AvgIpc) is 3.04. The van der Waals surface area contributed by atoms with Crippen LogP contribution in [0.2, 0.25) is 0 Å². The molecule has 4 nitrogen and oxygen atoms in total. The predicted octanol–water partition coefficient (Wildman–Crippen LogP) is 3.18. The molecule has 1 amide bonds. The predicted molar refractivity (Wildman–Crippen MR) is 97.9 cm³/mol. The number of aromatic amines is 1. The van der Waals surface area contributed by atoms with Crippen LogP contribution in [0.25, 0.3) is 10.9 Å².